The number of aromatic nitrogens is 2. The van der Waals surface area contributed by atoms with Crippen molar-refractivity contribution >= 4 is 39.6 Å². The maximum absolute atomic E-state index is 15.0. The van der Waals surface area contributed by atoms with E-state index >= 15 is 0 Å². The molecule has 166 valence electrons. The molecule has 6 rings (SSSR count). The second-order valence-corrected chi connectivity index (χ2v) is 7.92. The molecule has 0 fully saturated rings. The second-order valence-electron chi connectivity index (χ2n) is 7.92. The number of nitrogens with zero attached hydrogens (tertiary/aromatic N) is 2. The number of nitrogens with one attached hydrogen (secondary N) is 1. The molecule has 3 aromatic carbocycles. The van der Waals surface area contributed by atoms with E-state index in [9.17, 15) is 19.1 Å². The number of amides is 1. The fourth-order valence-electron chi connectivity index (χ4n) is 4.33. The van der Waals surface area contributed by atoms with Gasteiger partial charge >= 0.3 is 0 Å². The van der Waals surface area contributed by atoms with E-state index in [1.54, 1.807) is 54.6 Å². The normalized spacial score (nSPS) is 16.2. The van der Waals surface area contributed by atoms with E-state index in [1.165, 1.54) is 24.3 Å². The fraction of sp³-hybridized carbons (Fsp3) is 0.0385. The van der Waals surface area contributed by atoms with Crippen LogP contribution < -0.4 is 4.90 Å². The number of ketones is 1. The van der Waals surface area contributed by atoms with Crippen molar-refractivity contribution in [3.63, 3.8) is 0 Å². The number of carbonyl (C=O) groups is 2. The van der Waals surface area contributed by atoms with E-state index < -0.39 is 29.3 Å². The molecular weight excluding hydrogens is 437 g/mol. The van der Waals surface area contributed by atoms with Crippen LogP contribution in [0.4, 0.5) is 10.3 Å². The first-order chi connectivity index (χ1) is 16.5. The van der Waals surface area contributed by atoms with Crippen LogP contribution in [0.15, 0.2) is 94.6 Å². The molecule has 3 heterocycles. The van der Waals surface area contributed by atoms with Gasteiger partial charge in [0.25, 0.3) is 5.91 Å². The third-order valence-corrected chi connectivity index (χ3v) is 5.91. The highest BCUT2D eigenvalue weighted by Gasteiger charge is 2.47. The van der Waals surface area contributed by atoms with Crippen LogP contribution in [0.25, 0.3) is 22.0 Å². The highest BCUT2D eigenvalue weighted by Crippen LogP contribution is 2.42. The molecule has 1 atom stereocenters. The maximum atomic E-state index is 15.0. The zero-order valence-electron chi connectivity index (χ0n) is 17.5. The van der Waals surface area contributed by atoms with Crippen LogP contribution in [-0.2, 0) is 4.79 Å². The molecule has 0 saturated carbocycles. The van der Waals surface area contributed by atoms with Gasteiger partial charge in [0.05, 0.1) is 16.6 Å². The standard InChI is InChI=1S/C26H16FN3O4/c27-16-9-3-2-8-15(16)22-21(23(31)20-13-14-7-1-6-12-19(14)34-20)24(32)25(33)30(22)26-28-17-10-4-5-11-18(17)29-26/h1-13,22,32H,(H,28,29). The Labute approximate surface area is 191 Å². The second kappa shape index (κ2) is 7.41. The monoisotopic (exact) mass is 453 g/mol. The predicted octanol–water partition coefficient (Wildman–Crippen LogP) is 5.23. The minimum Gasteiger partial charge on any atom is -0.503 e. The summed E-state index contributed by atoms with van der Waals surface area (Å²) in [5.41, 5.74) is 1.46. The van der Waals surface area contributed by atoms with Crippen LogP contribution in [0.1, 0.15) is 22.2 Å². The molecule has 0 spiro atoms. The topological polar surface area (TPSA) is 99.4 Å². The van der Waals surface area contributed by atoms with Crippen LogP contribution in [0.2, 0.25) is 0 Å². The first-order valence-corrected chi connectivity index (χ1v) is 10.5. The minimum atomic E-state index is -1.25. The number of hydrogen-bond donors (Lipinski definition) is 2. The van der Waals surface area contributed by atoms with E-state index in [2.05, 4.69) is 9.97 Å². The van der Waals surface area contributed by atoms with Gasteiger partial charge in [-0.3, -0.25) is 14.5 Å². The summed E-state index contributed by atoms with van der Waals surface area (Å²) in [6, 6.07) is 20.2. The predicted molar refractivity (Wildman–Crippen MR) is 123 cm³/mol. The average molecular weight is 453 g/mol. The van der Waals surface area contributed by atoms with Crippen molar-refractivity contribution in [2.45, 2.75) is 6.04 Å². The molecule has 0 saturated heterocycles. The first-order valence-electron chi connectivity index (χ1n) is 10.5. The molecule has 2 N–H and O–H groups in total. The van der Waals surface area contributed by atoms with E-state index in [0.29, 0.717) is 22.0 Å². The molecule has 1 amide bonds. The number of fused-ring (bicyclic) bond motifs is 2. The van der Waals surface area contributed by atoms with Crippen molar-refractivity contribution in [3.05, 3.63) is 107 Å². The van der Waals surface area contributed by atoms with Gasteiger partial charge in [-0.25, -0.2) is 9.37 Å². The summed E-state index contributed by atoms with van der Waals surface area (Å²) in [7, 11) is 0. The SMILES string of the molecule is O=C(C1=C(O)C(=O)N(c2nc3ccccc3[nH]2)C1c1ccccc1F)c1cc2ccccc2o1. The Morgan fingerprint density at radius 2 is 1.76 bits per heavy atom. The Balaban J connectivity index is 1.53. The van der Waals surface area contributed by atoms with Gasteiger partial charge in [-0.1, -0.05) is 48.5 Å². The summed E-state index contributed by atoms with van der Waals surface area (Å²) in [5, 5.41) is 11.5. The van der Waals surface area contributed by atoms with Crippen LogP contribution >= 0.6 is 0 Å². The van der Waals surface area contributed by atoms with Crippen molar-refractivity contribution in [3.8, 4) is 0 Å². The molecule has 0 bridgehead atoms. The number of para-hydroxylation sites is 3. The van der Waals surface area contributed by atoms with Crippen molar-refractivity contribution in [1.29, 1.82) is 0 Å². The summed E-state index contributed by atoms with van der Waals surface area (Å²) in [5.74, 6) is -2.98. The van der Waals surface area contributed by atoms with Crippen LogP contribution in [-0.4, -0.2) is 26.8 Å². The van der Waals surface area contributed by atoms with Crippen LogP contribution in [0.3, 0.4) is 0 Å². The number of furan rings is 1. The largest absolute Gasteiger partial charge is 0.503 e. The number of hydrogen-bond acceptors (Lipinski definition) is 5. The third-order valence-electron chi connectivity index (χ3n) is 5.91. The zero-order valence-corrected chi connectivity index (χ0v) is 17.5. The van der Waals surface area contributed by atoms with Gasteiger partial charge in [-0.2, -0.15) is 0 Å². The summed E-state index contributed by atoms with van der Waals surface area (Å²) < 4.78 is 20.7. The molecule has 0 radical (unpaired) electrons. The lowest BCUT2D eigenvalue weighted by Crippen LogP contribution is -2.32. The quantitative estimate of drug-likeness (QED) is 0.363. The van der Waals surface area contributed by atoms with E-state index in [4.69, 9.17) is 4.42 Å². The molecular formula is C26H16FN3O4. The lowest BCUT2D eigenvalue weighted by atomic mass is 9.94. The molecule has 7 nitrogen and oxygen atoms in total. The number of H-pyrrole nitrogens is 1. The number of anilines is 1. The van der Waals surface area contributed by atoms with Gasteiger partial charge in [0, 0.05) is 10.9 Å². The Morgan fingerprint density at radius 3 is 2.56 bits per heavy atom. The third kappa shape index (κ3) is 2.92. The van der Waals surface area contributed by atoms with E-state index in [0.717, 1.165) is 4.90 Å². The fourth-order valence-corrected chi connectivity index (χ4v) is 4.33. The highest BCUT2D eigenvalue weighted by atomic mass is 19.1. The van der Waals surface area contributed by atoms with Gasteiger partial charge in [-0.15, -0.1) is 0 Å². The van der Waals surface area contributed by atoms with Gasteiger partial charge in [0.2, 0.25) is 11.7 Å². The van der Waals surface area contributed by atoms with E-state index in [1.807, 2.05) is 0 Å². The number of aliphatic hydroxyl groups is 1. The molecule has 5 aromatic rings. The lowest BCUT2D eigenvalue weighted by molar-refractivity contribution is -0.117. The molecule has 2 aromatic heterocycles. The van der Waals surface area contributed by atoms with Gasteiger partial charge < -0.3 is 14.5 Å². The average Bonchev–Trinajstić information content (AvgIpc) is 3.53. The Hall–Kier alpha value is -4.72. The van der Waals surface area contributed by atoms with Crippen molar-refractivity contribution < 1.29 is 23.5 Å². The first kappa shape index (κ1) is 19.9. The van der Waals surface area contributed by atoms with Crippen molar-refractivity contribution in [2.75, 3.05) is 4.90 Å². The number of benzene rings is 3. The maximum Gasteiger partial charge on any atom is 0.296 e. The number of rotatable bonds is 4. The summed E-state index contributed by atoms with van der Waals surface area (Å²) in [4.78, 5) is 35.4. The Bertz CT molecular complexity index is 1580. The summed E-state index contributed by atoms with van der Waals surface area (Å²) >= 11 is 0. The Morgan fingerprint density at radius 1 is 1.03 bits per heavy atom. The smallest absolute Gasteiger partial charge is 0.296 e. The number of aromatic amines is 1. The summed E-state index contributed by atoms with van der Waals surface area (Å²) in [6.45, 7) is 0. The molecule has 1 aliphatic heterocycles. The van der Waals surface area contributed by atoms with Crippen LogP contribution in [0.5, 0.6) is 0 Å². The zero-order chi connectivity index (χ0) is 23.4. The van der Waals surface area contributed by atoms with Crippen molar-refractivity contribution in [2.24, 2.45) is 0 Å². The van der Waals surface area contributed by atoms with Gasteiger partial charge in [0.15, 0.2) is 11.5 Å². The number of aliphatic hydroxyl groups excluding tert-OH is 1. The van der Waals surface area contributed by atoms with Gasteiger partial charge in [0.1, 0.15) is 17.4 Å². The molecule has 1 aliphatic rings. The minimum absolute atomic E-state index is 0.0415. The molecule has 8 heteroatoms. The van der Waals surface area contributed by atoms with Gasteiger partial charge in [-0.05, 0) is 30.3 Å². The highest BCUT2D eigenvalue weighted by molar-refractivity contribution is 6.20. The number of carbonyl (C=O) groups excluding carboxylic acids is 2. The summed E-state index contributed by atoms with van der Waals surface area (Å²) in [6.07, 6.45) is 0. The molecule has 1 unspecified atom stereocenters. The Kier molecular flexibility index (Phi) is 4.35. The van der Waals surface area contributed by atoms with E-state index in [-0.39, 0.29) is 22.8 Å². The number of halogens is 1. The lowest BCUT2D eigenvalue weighted by Gasteiger charge is -2.24. The number of imidazole rings is 1. The van der Waals surface area contributed by atoms with Crippen molar-refractivity contribution in [1.82, 2.24) is 9.97 Å². The van der Waals surface area contributed by atoms with Crippen LogP contribution in [0, 0.1) is 5.82 Å². The molecule has 0 aliphatic carbocycles. The molecule has 34 heavy (non-hydrogen) atoms. The number of Topliss-reactive ketones (excluding diaryl/α,β-unsaturated/α-hetero) is 1.